The smallest absolute Gasteiger partial charge is 0.407 e. The molecule has 0 aliphatic carbocycles. The quantitative estimate of drug-likeness (QED) is 0.789. The Bertz CT molecular complexity index is 535. The third-order valence-electron chi connectivity index (χ3n) is 2.97. The largest absolute Gasteiger partial charge is 0.478 e. The van der Waals surface area contributed by atoms with Crippen LogP contribution in [0.3, 0.4) is 0 Å². The van der Waals surface area contributed by atoms with Crippen molar-refractivity contribution in [2.45, 2.75) is 19.7 Å². The molecule has 0 saturated carbocycles. The topological polar surface area (TPSA) is 89.8 Å². The minimum atomic E-state index is -1.00. The maximum Gasteiger partial charge on any atom is 0.407 e. The van der Waals surface area contributed by atoms with E-state index in [0.29, 0.717) is 18.8 Å². The highest BCUT2D eigenvalue weighted by atomic mass is 16.5. The van der Waals surface area contributed by atoms with E-state index in [1.54, 1.807) is 6.07 Å². The second-order valence-corrected chi connectivity index (χ2v) is 4.25. The van der Waals surface area contributed by atoms with Crippen LogP contribution in [0.15, 0.2) is 18.7 Å². The van der Waals surface area contributed by atoms with Crippen LogP contribution in [0.25, 0.3) is 0 Å². The highest BCUT2D eigenvalue weighted by molar-refractivity contribution is 5.89. The number of nitrogens with one attached hydrogen (secondary N) is 1. The van der Waals surface area contributed by atoms with Gasteiger partial charge in [-0.3, -0.25) is 0 Å². The lowest BCUT2D eigenvalue weighted by molar-refractivity contribution is 0.0660. The van der Waals surface area contributed by atoms with Crippen molar-refractivity contribution < 1.29 is 24.2 Å². The molecule has 1 aromatic rings. The van der Waals surface area contributed by atoms with Crippen LogP contribution in [0, 0.1) is 0 Å². The molecule has 0 bridgehead atoms. The molecule has 0 unspecified atom stereocenters. The number of rotatable bonds is 5. The summed E-state index contributed by atoms with van der Waals surface area (Å²) in [5.41, 5.74) is 1.55. The minimum absolute atomic E-state index is 0.131. The van der Waals surface area contributed by atoms with Crippen LogP contribution in [-0.4, -0.2) is 34.9 Å². The summed E-state index contributed by atoms with van der Waals surface area (Å²) in [6.07, 6.45) is 0.905. The van der Waals surface area contributed by atoms with E-state index in [9.17, 15) is 9.59 Å². The number of carboxylic acids is 1. The molecular formula is C13H16N2O5. The first-order valence-electron chi connectivity index (χ1n) is 6.17. The van der Waals surface area contributed by atoms with Crippen molar-refractivity contribution in [2.75, 3.05) is 13.2 Å². The van der Waals surface area contributed by atoms with Gasteiger partial charge in [0.05, 0.1) is 31.0 Å². The third-order valence-corrected chi connectivity index (χ3v) is 2.97. The summed E-state index contributed by atoms with van der Waals surface area (Å²) in [5, 5.41) is 11.7. The van der Waals surface area contributed by atoms with Gasteiger partial charge in [-0.05, 0) is 6.07 Å². The van der Waals surface area contributed by atoms with Crippen molar-refractivity contribution in [1.29, 1.82) is 0 Å². The molecule has 0 radical (unpaired) electrons. The van der Waals surface area contributed by atoms with Gasteiger partial charge in [-0.15, -0.1) is 0 Å². The molecule has 0 aromatic carbocycles. The monoisotopic (exact) mass is 280 g/mol. The zero-order chi connectivity index (χ0) is 14.5. The van der Waals surface area contributed by atoms with Crippen LogP contribution in [-0.2, 0) is 29.2 Å². The molecule has 0 saturated heterocycles. The average molecular weight is 280 g/mol. The maximum absolute atomic E-state index is 11.4. The number of hydrogen-bond donors (Lipinski definition) is 2. The number of aromatic carboxylic acids is 1. The van der Waals surface area contributed by atoms with Gasteiger partial charge in [-0.25, -0.2) is 9.59 Å². The Balaban J connectivity index is 2.10. The predicted molar refractivity (Wildman–Crippen MR) is 69.4 cm³/mol. The first-order chi connectivity index (χ1) is 9.63. The number of amides is 1. The van der Waals surface area contributed by atoms with Gasteiger partial charge in [0, 0.05) is 12.2 Å². The minimum Gasteiger partial charge on any atom is -0.478 e. The SMILES string of the molecule is C=CCOC(=O)NCc1cc(C(=O)O)c2n1CCOC2. The van der Waals surface area contributed by atoms with E-state index < -0.39 is 12.1 Å². The van der Waals surface area contributed by atoms with Crippen LogP contribution in [0.5, 0.6) is 0 Å². The summed E-state index contributed by atoms with van der Waals surface area (Å²) in [5.74, 6) is -1.00. The second kappa shape index (κ2) is 6.25. The van der Waals surface area contributed by atoms with E-state index in [0.717, 1.165) is 5.69 Å². The van der Waals surface area contributed by atoms with Crippen molar-refractivity contribution in [1.82, 2.24) is 9.88 Å². The van der Waals surface area contributed by atoms with Crippen LogP contribution in [0.1, 0.15) is 21.7 Å². The molecule has 2 rings (SSSR count). The predicted octanol–water partition coefficient (Wildman–Crippen LogP) is 1.13. The lowest BCUT2D eigenvalue weighted by Gasteiger charge is -2.19. The van der Waals surface area contributed by atoms with Crippen molar-refractivity contribution >= 4 is 12.1 Å². The fourth-order valence-corrected chi connectivity index (χ4v) is 2.09. The summed E-state index contributed by atoms with van der Waals surface area (Å²) in [4.78, 5) is 22.5. The molecule has 7 heteroatoms. The molecule has 1 aromatic heterocycles. The number of carboxylic acid groups (broad SMARTS) is 1. The highest BCUT2D eigenvalue weighted by Gasteiger charge is 2.22. The molecule has 0 spiro atoms. The van der Waals surface area contributed by atoms with Gasteiger partial charge in [-0.1, -0.05) is 12.7 Å². The average Bonchev–Trinajstić information content (AvgIpc) is 2.82. The Morgan fingerprint density at radius 3 is 3.10 bits per heavy atom. The normalized spacial score (nSPS) is 13.4. The number of aromatic nitrogens is 1. The Morgan fingerprint density at radius 1 is 1.60 bits per heavy atom. The lowest BCUT2D eigenvalue weighted by atomic mass is 10.2. The van der Waals surface area contributed by atoms with Crippen LogP contribution >= 0.6 is 0 Å². The summed E-state index contributed by atoms with van der Waals surface area (Å²) in [6.45, 7) is 5.14. The zero-order valence-corrected chi connectivity index (χ0v) is 10.9. The Kier molecular flexibility index (Phi) is 4.41. The molecule has 2 N–H and O–H groups in total. The van der Waals surface area contributed by atoms with E-state index in [-0.39, 0.29) is 25.3 Å². The van der Waals surface area contributed by atoms with Crippen molar-refractivity contribution in [3.63, 3.8) is 0 Å². The van der Waals surface area contributed by atoms with Crippen LogP contribution < -0.4 is 5.32 Å². The molecule has 1 aliphatic heterocycles. The molecule has 0 atom stereocenters. The standard InChI is InChI=1S/C13H16N2O5/c1-2-4-20-13(18)14-7-9-6-10(12(16)17)11-8-19-5-3-15(9)11/h2,6H,1,3-5,7-8H2,(H,14,18)(H,16,17). The van der Waals surface area contributed by atoms with E-state index in [4.69, 9.17) is 14.6 Å². The van der Waals surface area contributed by atoms with E-state index in [1.807, 2.05) is 4.57 Å². The first kappa shape index (κ1) is 14.1. The molecule has 20 heavy (non-hydrogen) atoms. The Hall–Kier alpha value is -2.28. The molecule has 108 valence electrons. The van der Waals surface area contributed by atoms with Crippen LogP contribution in [0.4, 0.5) is 4.79 Å². The van der Waals surface area contributed by atoms with E-state index in [1.165, 1.54) is 6.08 Å². The van der Waals surface area contributed by atoms with Crippen LogP contribution in [0.2, 0.25) is 0 Å². The molecule has 1 aliphatic rings. The Morgan fingerprint density at radius 2 is 2.40 bits per heavy atom. The van der Waals surface area contributed by atoms with Gasteiger partial charge in [0.25, 0.3) is 0 Å². The molecule has 0 fully saturated rings. The number of fused-ring (bicyclic) bond motifs is 1. The summed E-state index contributed by atoms with van der Waals surface area (Å²) in [6, 6.07) is 1.56. The number of alkyl carbamates (subject to hydrolysis) is 1. The number of carbonyl (C=O) groups excluding carboxylic acids is 1. The van der Waals surface area contributed by atoms with Gasteiger partial charge < -0.3 is 24.5 Å². The molecular weight excluding hydrogens is 264 g/mol. The third kappa shape index (κ3) is 3.00. The fraction of sp³-hybridized carbons (Fsp3) is 0.385. The number of ether oxygens (including phenoxy) is 2. The van der Waals surface area contributed by atoms with Gasteiger partial charge >= 0.3 is 12.1 Å². The van der Waals surface area contributed by atoms with Crippen molar-refractivity contribution in [2.24, 2.45) is 0 Å². The number of carbonyl (C=O) groups is 2. The highest BCUT2D eigenvalue weighted by Crippen LogP contribution is 2.20. The van der Waals surface area contributed by atoms with Crippen molar-refractivity contribution in [3.8, 4) is 0 Å². The van der Waals surface area contributed by atoms with Crippen molar-refractivity contribution in [3.05, 3.63) is 35.7 Å². The summed E-state index contributed by atoms with van der Waals surface area (Å²) < 4.78 is 11.9. The van der Waals surface area contributed by atoms with Gasteiger partial charge in [0.2, 0.25) is 0 Å². The summed E-state index contributed by atoms with van der Waals surface area (Å²) in [7, 11) is 0. The second-order valence-electron chi connectivity index (χ2n) is 4.25. The van der Waals surface area contributed by atoms with Gasteiger partial charge in [0.1, 0.15) is 6.61 Å². The van der Waals surface area contributed by atoms with Gasteiger partial charge in [-0.2, -0.15) is 0 Å². The molecule has 7 nitrogen and oxygen atoms in total. The van der Waals surface area contributed by atoms with E-state index >= 15 is 0 Å². The fourth-order valence-electron chi connectivity index (χ4n) is 2.09. The summed E-state index contributed by atoms with van der Waals surface area (Å²) >= 11 is 0. The zero-order valence-electron chi connectivity index (χ0n) is 10.9. The number of nitrogens with zero attached hydrogens (tertiary/aromatic N) is 1. The Labute approximate surface area is 115 Å². The first-order valence-corrected chi connectivity index (χ1v) is 6.17. The van der Waals surface area contributed by atoms with Gasteiger partial charge in [0.15, 0.2) is 0 Å². The molecule has 1 amide bonds. The maximum atomic E-state index is 11.4. The van der Waals surface area contributed by atoms with E-state index in [2.05, 4.69) is 11.9 Å². The molecule has 2 heterocycles. The number of hydrogen-bond acceptors (Lipinski definition) is 4. The lowest BCUT2D eigenvalue weighted by Crippen LogP contribution is -2.26.